The zero-order valence-corrected chi connectivity index (χ0v) is 13.0. The highest BCUT2D eigenvalue weighted by Crippen LogP contribution is 2.14. The van der Waals surface area contributed by atoms with Gasteiger partial charge in [0.25, 0.3) is 0 Å². The molecule has 20 heavy (non-hydrogen) atoms. The van der Waals surface area contributed by atoms with Crippen molar-refractivity contribution >= 4 is 39.1 Å². The van der Waals surface area contributed by atoms with E-state index in [1.165, 1.54) is 7.11 Å². The van der Waals surface area contributed by atoms with Crippen molar-refractivity contribution in [3.05, 3.63) is 24.3 Å². The van der Waals surface area contributed by atoms with E-state index in [4.69, 9.17) is 4.74 Å². The molecule has 0 radical (unpaired) electrons. The molecule has 0 aliphatic heterocycles. The monoisotopic (exact) mass is 342 g/mol. The van der Waals surface area contributed by atoms with Crippen LogP contribution in [0.4, 0.5) is 11.4 Å². The van der Waals surface area contributed by atoms with Crippen molar-refractivity contribution in [2.24, 2.45) is 0 Å². The Balaban J connectivity index is 2.42. The number of alkyl halides is 1. The molecule has 0 spiro atoms. The maximum atomic E-state index is 11.6. The van der Waals surface area contributed by atoms with Crippen molar-refractivity contribution < 1.29 is 14.3 Å². The molecule has 1 rings (SSSR count). The van der Waals surface area contributed by atoms with Crippen LogP contribution >= 0.6 is 15.9 Å². The fourth-order valence-electron chi connectivity index (χ4n) is 1.57. The topological polar surface area (TPSA) is 67.4 Å². The number of benzene rings is 1. The number of methoxy groups -OCH3 is 1. The second-order valence-electron chi connectivity index (χ2n) is 4.25. The van der Waals surface area contributed by atoms with Gasteiger partial charge in [0.1, 0.15) is 6.61 Å². The Morgan fingerprint density at radius 1 is 1.05 bits per heavy atom. The lowest BCUT2D eigenvalue weighted by Gasteiger charge is -2.07. The van der Waals surface area contributed by atoms with Crippen LogP contribution < -0.4 is 10.6 Å². The molecule has 0 unspecified atom stereocenters. The summed E-state index contributed by atoms with van der Waals surface area (Å²) in [6.07, 6.45) is 2.36. The van der Waals surface area contributed by atoms with Gasteiger partial charge in [-0.2, -0.15) is 0 Å². The lowest BCUT2D eigenvalue weighted by molar-refractivity contribution is -0.119. The van der Waals surface area contributed by atoms with E-state index >= 15 is 0 Å². The quantitative estimate of drug-likeness (QED) is 0.563. The summed E-state index contributed by atoms with van der Waals surface area (Å²) in [5.41, 5.74) is 1.39. The van der Waals surface area contributed by atoms with Gasteiger partial charge in [0, 0.05) is 30.2 Å². The summed E-state index contributed by atoms with van der Waals surface area (Å²) in [4.78, 5) is 22.9. The van der Waals surface area contributed by atoms with Crippen molar-refractivity contribution in [1.29, 1.82) is 0 Å². The number of rotatable bonds is 8. The summed E-state index contributed by atoms with van der Waals surface area (Å²) in [7, 11) is 1.47. The van der Waals surface area contributed by atoms with E-state index in [1.807, 2.05) is 0 Å². The largest absolute Gasteiger partial charge is 0.375 e. The van der Waals surface area contributed by atoms with Gasteiger partial charge in [-0.25, -0.2) is 0 Å². The first-order chi connectivity index (χ1) is 9.65. The van der Waals surface area contributed by atoms with Crippen LogP contribution in [0.1, 0.15) is 19.3 Å². The Bertz CT molecular complexity index is 435. The third-order valence-corrected chi connectivity index (χ3v) is 3.08. The van der Waals surface area contributed by atoms with Crippen LogP contribution in [0.15, 0.2) is 24.3 Å². The van der Waals surface area contributed by atoms with Crippen molar-refractivity contribution in [1.82, 2.24) is 0 Å². The molecule has 0 heterocycles. The van der Waals surface area contributed by atoms with Crippen LogP contribution in [0.3, 0.4) is 0 Å². The van der Waals surface area contributed by atoms with Crippen molar-refractivity contribution in [3.63, 3.8) is 0 Å². The Morgan fingerprint density at radius 3 is 2.10 bits per heavy atom. The van der Waals surface area contributed by atoms with Gasteiger partial charge in [-0.3, -0.25) is 9.59 Å². The maximum Gasteiger partial charge on any atom is 0.250 e. The highest BCUT2D eigenvalue weighted by atomic mass is 79.9. The Labute approximate surface area is 127 Å². The molecule has 1 aromatic carbocycles. The van der Waals surface area contributed by atoms with Gasteiger partial charge >= 0.3 is 0 Å². The average Bonchev–Trinajstić information content (AvgIpc) is 2.41. The fraction of sp³-hybridized carbons (Fsp3) is 0.429. The van der Waals surface area contributed by atoms with E-state index in [0.29, 0.717) is 12.1 Å². The zero-order chi connectivity index (χ0) is 14.8. The van der Waals surface area contributed by atoms with E-state index in [1.54, 1.807) is 24.3 Å². The lowest BCUT2D eigenvalue weighted by Crippen LogP contribution is -2.17. The number of carbonyl (C=O) groups excluding carboxylic acids is 2. The summed E-state index contributed by atoms with van der Waals surface area (Å²) in [6.45, 7) is 0.0199. The van der Waals surface area contributed by atoms with Crippen molar-refractivity contribution in [2.75, 3.05) is 29.7 Å². The van der Waals surface area contributed by atoms with Crippen LogP contribution in [-0.4, -0.2) is 30.9 Å². The SMILES string of the molecule is COCC(=O)Nc1ccc(NC(=O)CCCCBr)cc1. The molecule has 5 nitrogen and oxygen atoms in total. The summed E-state index contributed by atoms with van der Waals surface area (Å²) < 4.78 is 4.73. The number of unbranched alkanes of at least 4 members (excludes halogenated alkanes) is 1. The summed E-state index contributed by atoms with van der Waals surface area (Å²) in [5.74, 6) is -0.207. The minimum Gasteiger partial charge on any atom is -0.375 e. The van der Waals surface area contributed by atoms with Crippen molar-refractivity contribution in [3.8, 4) is 0 Å². The molecule has 0 bridgehead atoms. The maximum absolute atomic E-state index is 11.6. The molecule has 0 saturated heterocycles. The molecule has 110 valence electrons. The van der Waals surface area contributed by atoms with Crippen LogP contribution in [0, 0.1) is 0 Å². The minimum atomic E-state index is -0.209. The van der Waals surface area contributed by atoms with Crippen LogP contribution in [0.25, 0.3) is 0 Å². The zero-order valence-electron chi connectivity index (χ0n) is 11.4. The van der Waals surface area contributed by atoms with Crippen LogP contribution in [-0.2, 0) is 14.3 Å². The van der Waals surface area contributed by atoms with Gasteiger partial charge in [0.05, 0.1) is 0 Å². The molecule has 0 aliphatic carbocycles. The summed E-state index contributed by atoms with van der Waals surface area (Å²) >= 11 is 3.33. The molecule has 0 saturated carbocycles. The molecular weight excluding hydrogens is 324 g/mol. The first kappa shape index (κ1) is 16.7. The average molecular weight is 343 g/mol. The predicted octanol–water partition coefficient (Wildman–Crippen LogP) is 2.78. The first-order valence-corrected chi connectivity index (χ1v) is 7.52. The molecular formula is C14H19BrN2O3. The van der Waals surface area contributed by atoms with Crippen LogP contribution in [0.5, 0.6) is 0 Å². The van der Waals surface area contributed by atoms with E-state index in [-0.39, 0.29) is 18.4 Å². The van der Waals surface area contributed by atoms with Gasteiger partial charge in [-0.05, 0) is 37.1 Å². The number of ether oxygens (including phenoxy) is 1. The Kier molecular flexibility index (Phi) is 7.91. The molecule has 2 N–H and O–H groups in total. The number of amides is 2. The lowest BCUT2D eigenvalue weighted by atomic mass is 10.2. The standard InChI is InChI=1S/C14H19BrN2O3/c1-20-10-14(19)17-12-7-5-11(6-8-12)16-13(18)4-2-3-9-15/h5-8H,2-4,9-10H2,1H3,(H,16,18)(H,17,19). The normalized spacial score (nSPS) is 10.1. The van der Waals surface area contributed by atoms with Gasteiger partial charge < -0.3 is 15.4 Å². The third-order valence-electron chi connectivity index (χ3n) is 2.52. The van der Waals surface area contributed by atoms with Crippen LogP contribution in [0.2, 0.25) is 0 Å². The van der Waals surface area contributed by atoms with E-state index in [0.717, 1.165) is 23.9 Å². The van der Waals surface area contributed by atoms with Gasteiger partial charge in [-0.1, -0.05) is 15.9 Å². The fourth-order valence-corrected chi connectivity index (χ4v) is 1.97. The smallest absolute Gasteiger partial charge is 0.250 e. The number of nitrogens with one attached hydrogen (secondary N) is 2. The number of carbonyl (C=O) groups is 2. The van der Waals surface area contributed by atoms with Gasteiger partial charge in [-0.15, -0.1) is 0 Å². The molecule has 0 atom stereocenters. The highest BCUT2D eigenvalue weighted by molar-refractivity contribution is 9.09. The van der Waals surface area contributed by atoms with Gasteiger partial charge in [0.2, 0.25) is 11.8 Å². The van der Waals surface area contributed by atoms with Crippen molar-refractivity contribution in [2.45, 2.75) is 19.3 Å². The first-order valence-electron chi connectivity index (χ1n) is 6.40. The third kappa shape index (κ3) is 6.68. The molecule has 0 aliphatic rings. The van der Waals surface area contributed by atoms with E-state index in [2.05, 4.69) is 26.6 Å². The highest BCUT2D eigenvalue weighted by Gasteiger charge is 2.04. The minimum absolute atomic E-state index is 0.00196. The van der Waals surface area contributed by atoms with Gasteiger partial charge in [0.15, 0.2) is 0 Å². The second-order valence-corrected chi connectivity index (χ2v) is 5.05. The Hall–Kier alpha value is -1.40. The number of halogens is 1. The Morgan fingerprint density at radius 2 is 1.60 bits per heavy atom. The van der Waals surface area contributed by atoms with E-state index in [9.17, 15) is 9.59 Å². The number of hydrogen-bond donors (Lipinski definition) is 2. The predicted molar refractivity (Wildman–Crippen MR) is 83.2 cm³/mol. The van der Waals surface area contributed by atoms with E-state index < -0.39 is 0 Å². The summed E-state index contributed by atoms with van der Waals surface area (Å²) in [5, 5.41) is 6.41. The molecule has 2 amide bonds. The molecule has 6 heteroatoms. The second kappa shape index (κ2) is 9.50. The molecule has 0 fully saturated rings. The molecule has 0 aromatic heterocycles. The number of hydrogen-bond acceptors (Lipinski definition) is 3. The summed E-state index contributed by atoms with van der Waals surface area (Å²) in [6, 6.07) is 6.99. The number of anilines is 2. The molecule has 1 aromatic rings.